The van der Waals surface area contributed by atoms with E-state index in [0.29, 0.717) is 12.4 Å². The second-order valence-electron chi connectivity index (χ2n) is 16.0. The molecule has 1 saturated heterocycles. The molecule has 0 amide bonds. The van der Waals surface area contributed by atoms with Crippen LogP contribution in [0, 0.1) is 0 Å². The quantitative estimate of drug-likeness (QED) is 0.0808. The lowest BCUT2D eigenvalue weighted by Gasteiger charge is -2.31. The van der Waals surface area contributed by atoms with Gasteiger partial charge in [0.25, 0.3) is 0 Å². The molecule has 1 aliphatic carbocycles. The van der Waals surface area contributed by atoms with Crippen molar-refractivity contribution in [3.05, 3.63) is 99.8 Å². The molecule has 1 aliphatic heterocycles. The first kappa shape index (κ1) is 38.1. The number of esters is 1. The van der Waals surface area contributed by atoms with Crippen molar-refractivity contribution in [2.45, 2.75) is 110 Å². The lowest BCUT2D eigenvalue weighted by molar-refractivity contribution is -0.140. The van der Waals surface area contributed by atoms with Crippen LogP contribution in [0.5, 0.6) is 5.75 Å². The first-order valence-electron chi connectivity index (χ1n) is 18.6. The summed E-state index contributed by atoms with van der Waals surface area (Å²) >= 11 is 0. The van der Waals surface area contributed by atoms with Crippen molar-refractivity contribution in [1.29, 1.82) is 0 Å². The molecule has 0 saturated carbocycles. The monoisotopic (exact) mass is 695 g/mol. The molecule has 0 spiro atoms. The van der Waals surface area contributed by atoms with Gasteiger partial charge in [-0.1, -0.05) is 116 Å². The number of unbranched alkanes of at least 4 members (excludes halogenated alkanes) is 2. The number of hydrogen-bond acceptors (Lipinski definition) is 7. The summed E-state index contributed by atoms with van der Waals surface area (Å²) in [6.45, 7) is 19.0. The number of hydrogen-bond donors (Lipinski definition) is 0. The maximum atomic E-state index is 14.0. The third-order valence-corrected chi connectivity index (χ3v) is 10.3. The van der Waals surface area contributed by atoms with Crippen LogP contribution in [0.3, 0.4) is 0 Å². The average Bonchev–Trinajstić information content (AvgIpc) is 3.73. The van der Waals surface area contributed by atoms with Gasteiger partial charge in [-0.15, -0.1) is 0 Å². The minimum absolute atomic E-state index is 0.0402. The third kappa shape index (κ3) is 8.69. The summed E-state index contributed by atoms with van der Waals surface area (Å²) in [5.74, 6) is 0.164. The first-order valence-corrected chi connectivity index (χ1v) is 18.6. The van der Waals surface area contributed by atoms with E-state index in [2.05, 4.69) is 89.8 Å². The Balaban J connectivity index is 1.48. The average molecular weight is 696 g/mol. The van der Waals surface area contributed by atoms with E-state index in [-0.39, 0.29) is 34.7 Å². The van der Waals surface area contributed by atoms with Gasteiger partial charge in [0.15, 0.2) is 0 Å². The van der Waals surface area contributed by atoms with Crippen LogP contribution in [-0.2, 0) is 29.8 Å². The molecule has 1 fully saturated rings. The molecule has 51 heavy (non-hydrogen) atoms. The molecular weight excluding hydrogens is 638 g/mol. The van der Waals surface area contributed by atoms with E-state index < -0.39 is 18.2 Å². The SMILES string of the molecule is CCCCCOC(=O)C(=C(C)OC(=O)OCC1c2cc(C(C)(C)C)ccc2-c2ccc(C(C)(C)C)cc21)C(c1ccccc1OC)N1CCCC1. The summed E-state index contributed by atoms with van der Waals surface area (Å²) in [4.78, 5) is 29.9. The summed E-state index contributed by atoms with van der Waals surface area (Å²) in [7, 11) is 1.63. The predicted molar refractivity (Wildman–Crippen MR) is 203 cm³/mol. The minimum Gasteiger partial charge on any atom is -0.496 e. The zero-order chi connectivity index (χ0) is 36.9. The molecule has 0 radical (unpaired) electrons. The van der Waals surface area contributed by atoms with Gasteiger partial charge in [0.05, 0.1) is 25.3 Å². The summed E-state index contributed by atoms with van der Waals surface area (Å²) in [5.41, 5.74) is 8.09. The number of carbonyl (C=O) groups excluding carboxylic acids is 2. The molecule has 3 aromatic carbocycles. The van der Waals surface area contributed by atoms with E-state index in [9.17, 15) is 9.59 Å². The molecule has 3 aromatic rings. The summed E-state index contributed by atoms with van der Waals surface area (Å²) in [6.07, 6.45) is 3.89. The van der Waals surface area contributed by atoms with Gasteiger partial charge in [-0.25, -0.2) is 9.59 Å². The molecule has 0 N–H and O–H groups in total. The van der Waals surface area contributed by atoms with Gasteiger partial charge in [-0.2, -0.15) is 0 Å². The fourth-order valence-electron chi connectivity index (χ4n) is 7.30. The molecule has 7 heteroatoms. The van der Waals surface area contributed by atoms with Crippen molar-refractivity contribution >= 4 is 12.1 Å². The second kappa shape index (κ2) is 16.1. The number of likely N-dealkylation sites (tertiary alicyclic amines) is 1. The van der Waals surface area contributed by atoms with E-state index in [0.717, 1.165) is 73.0 Å². The number of rotatable bonds is 12. The Morgan fingerprint density at radius 2 is 1.41 bits per heavy atom. The van der Waals surface area contributed by atoms with Gasteiger partial charge in [-0.3, -0.25) is 4.90 Å². The Bertz CT molecular complexity index is 1670. The normalized spacial score (nSPS) is 15.9. The minimum atomic E-state index is -0.849. The van der Waals surface area contributed by atoms with Gasteiger partial charge < -0.3 is 18.9 Å². The van der Waals surface area contributed by atoms with Crippen molar-refractivity contribution in [3.8, 4) is 16.9 Å². The molecular formula is C44H57NO6. The molecule has 0 bridgehead atoms. The van der Waals surface area contributed by atoms with Gasteiger partial charge >= 0.3 is 12.1 Å². The molecule has 7 nitrogen and oxygen atoms in total. The Labute approximate surface area is 305 Å². The highest BCUT2D eigenvalue weighted by atomic mass is 16.7. The van der Waals surface area contributed by atoms with Crippen LogP contribution in [-0.4, -0.2) is 50.4 Å². The van der Waals surface area contributed by atoms with Gasteiger partial charge in [0.1, 0.15) is 18.1 Å². The Hall–Kier alpha value is -4.10. The lowest BCUT2D eigenvalue weighted by Crippen LogP contribution is -2.32. The van der Waals surface area contributed by atoms with Crippen molar-refractivity contribution in [1.82, 2.24) is 4.90 Å². The molecule has 0 aromatic heterocycles. The highest BCUT2D eigenvalue weighted by molar-refractivity contribution is 5.91. The fraction of sp³-hybridized carbons (Fsp3) is 0.500. The van der Waals surface area contributed by atoms with E-state index >= 15 is 0 Å². The summed E-state index contributed by atoms with van der Waals surface area (Å²) in [6, 6.07) is 20.5. The third-order valence-electron chi connectivity index (χ3n) is 10.3. The van der Waals surface area contributed by atoms with Crippen LogP contribution in [0.15, 0.2) is 72.0 Å². The molecule has 274 valence electrons. The van der Waals surface area contributed by atoms with E-state index in [1.54, 1.807) is 14.0 Å². The number of nitrogens with zero attached hydrogens (tertiary/aromatic N) is 1. The van der Waals surface area contributed by atoms with Crippen LogP contribution in [0.2, 0.25) is 0 Å². The molecule has 1 atom stereocenters. The number of ether oxygens (including phenoxy) is 4. The highest BCUT2D eigenvalue weighted by Crippen LogP contribution is 2.48. The number of allylic oxidation sites excluding steroid dienone is 1. The van der Waals surface area contributed by atoms with Crippen molar-refractivity contribution in [2.24, 2.45) is 0 Å². The van der Waals surface area contributed by atoms with Crippen LogP contribution in [0.25, 0.3) is 11.1 Å². The van der Waals surface area contributed by atoms with Crippen molar-refractivity contribution in [2.75, 3.05) is 33.4 Å². The van der Waals surface area contributed by atoms with E-state index in [1.165, 1.54) is 11.1 Å². The molecule has 5 rings (SSSR count). The topological polar surface area (TPSA) is 74.3 Å². The molecule has 1 heterocycles. The number of carbonyl (C=O) groups is 2. The standard InChI is InChI=1S/C44H57NO6/c1-10-11-16-25-49-41(46)39(40(45-23-14-15-24-45)34-17-12-13-18-38(34)48-9)29(2)51-42(47)50-28-37-35-26-30(43(3,4)5)19-21-32(35)33-22-20-31(27-36(33)37)44(6,7)8/h12-13,17-22,26-27,37,40H,10-11,14-16,23-25,28H2,1-9H3. The van der Waals surface area contributed by atoms with E-state index in [1.807, 2.05) is 24.3 Å². The maximum Gasteiger partial charge on any atom is 0.513 e. The van der Waals surface area contributed by atoms with Crippen LogP contribution in [0.4, 0.5) is 4.79 Å². The van der Waals surface area contributed by atoms with Gasteiger partial charge in [0, 0.05) is 11.5 Å². The first-order chi connectivity index (χ1) is 24.2. The summed E-state index contributed by atoms with van der Waals surface area (Å²) in [5, 5.41) is 0. The summed E-state index contributed by atoms with van der Waals surface area (Å²) < 4.78 is 23.5. The number of fused-ring (bicyclic) bond motifs is 3. The van der Waals surface area contributed by atoms with Crippen LogP contribution < -0.4 is 4.74 Å². The number of methoxy groups -OCH3 is 1. The fourth-order valence-corrected chi connectivity index (χ4v) is 7.30. The largest absolute Gasteiger partial charge is 0.513 e. The highest BCUT2D eigenvalue weighted by Gasteiger charge is 2.37. The van der Waals surface area contributed by atoms with Gasteiger partial charge in [0.2, 0.25) is 0 Å². The number of benzene rings is 3. The van der Waals surface area contributed by atoms with Crippen molar-refractivity contribution in [3.63, 3.8) is 0 Å². The Kier molecular flexibility index (Phi) is 12.0. The number of para-hydroxylation sites is 1. The van der Waals surface area contributed by atoms with Crippen LogP contribution >= 0.6 is 0 Å². The zero-order valence-electron chi connectivity index (χ0n) is 32.2. The molecule has 2 aliphatic rings. The molecule has 1 unspecified atom stereocenters. The Morgan fingerprint density at radius 3 is 1.96 bits per heavy atom. The Morgan fingerprint density at radius 1 is 0.824 bits per heavy atom. The predicted octanol–water partition coefficient (Wildman–Crippen LogP) is 10.4. The van der Waals surface area contributed by atoms with Crippen molar-refractivity contribution < 1.29 is 28.5 Å². The van der Waals surface area contributed by atoms with Gasteiger partial charge in [-0.05, 0) is 89.6 Å². The second-order valence-corrected chi connectivity index (χ2v) is 16.0. The zero-order valence-corrected chi connectivity index (χ0v) is 32.2. The lowest BCUT2D eigenvalue weighted by atomic mass is 9.83. The maximum absolute atomic E-state index is 14.0. The van der Waals surface area contributed by atoms with E-state index in [4.69, 9.17) is 18.9 Å². The smallest absolute Gasteiger partial charge is 0.496 e. The van der Waals surface area contributed by atoms with Crippen LogP contribution in [0.1, 0.15) is 127 Å².